The molecular formula is C19H19N3O2S. The summed E-state index contributed by atoms with van der Waals surface area (Å²) >= 11 is 1.31. The summed E-state index contributed by atoms with van der Waals surface area (Å²) in [7, 11) is 0. The molecule has 0 spiro atoms. The Balaban J connectivity index is 1.59. The Bertz CT molecular complexity index is 778. The quantitative estimate of drug-likeness (QED) is 0.866. The highest BCUT2D eigenvalue weighted by molar-refractivity contribution is 8.15. The molecule has 0 saturated carbocycles. The number of hydrogen-bond acceptors (Lipinski definition) is 4. The summed E-state index contributed by atoms with van der Waals surface area (Å²) in [4.78, 5) is 28.8. The maximum absolute atomic E-state index is 12.1. The molecule has 0 unspecified atom stereocenters. The highest BCUT2D eigenvalue weighted by atomic mass is 32.2. The molecule has 5 nitrogen and oxygen atoms in total. The highest BCUT2D eigenvalue weighted by Gasteiger charge is 2.32. The Labute approximate surface area is 150 Å². The number of para-hydroxylation sites is 1. The van der Waals surface area contributed by atoms with Crippen molar-refractivity contribution >= 4 is 34.4 Å². The van der Waals surface area contributed by atoms with Gasteiger partial charge in [0.25, 0.3) is 0 Å². The van der Waals surface area contributed by atoms with Crippen LogP contribution < -0.4 is 10.6 Å². The molecule has 2 N–H and O–H groups in total. The summed E-state index contributed by atoms with van der Waals surface area (Å²) in [6, 6.07) is 19.0. The van der Waals surface area contributed by atoms with E-state index < -0.39 is 5.25 Å². The van der Waals surface area contributed by atoms with Crippen LogP contribution in [0.4, 0.5) is 5.69 Å². The number of nitrogens with zero attached hydrogens (tertiary/aromatic N) is 1. The van der Waals surface area contributed by atoms with Gasteiger partial charge in [0, 0.05) is 12.1 Å². The summed E-state index contributed by atoms with van der Waals surface area (Å²) in [6.45, 7) is 1.98. The van der Waals surface area contributed by atoms with E-state index in [1.54, 1.807) is 0 Å². The highest BCUT2D eigenvalue weighted by Crippen LogP contribution is 2.26. The van der Waals surface area contributed by atoms with Crippen LogP contribution >= 0.6 is 11.8 Å². The Morgan fingerprint density at radius 2 is 1.80 bits per heavy atom. The molecule has 25 heavy (non-hydrogen) atoms. The SMILES string of the molecule is C[C@@H](N=C1NC(=O)[C@@H](CC(=O)Nc2ccccc2)S1)c1ccccc1. The standard InChI is InChI=1S/C19H19N3O2S/c1-13(14-8-4-2-5-9-14)20-19-22-18(24)16(25-19)12-17(23)21-15-10-6-3-7-11-15/h2-11,13,16H,12H2,1H3,(H,21,23)(H,20,22,24)/t13-,16-/m1/s1. The molecule has 2 aromatic rings. The first-order valence-electron chi connectivity index (χ1n) is 8.07. The molecule has 2 amide bonds. The summed E-state index contributed by atoms with van der Waals surface area (Å²) in [6.07, 6.45) is 0.115. The lowest BCUT2D eigenvalue weighted by Gasteiger charge is -2.08. The number of nitrogens with one attached hydrogen (secondary N) is 2. The van der Waals surface area contributed by atoms with E-state index in [0.29, 0.717) is 5.17 Å². The molecule has 2 aromatic carbocycles. The number of carbonyl (C=O) groups is 2. The van der Waals surface area contributed by atoms with Crippen molar-refractivity contribution in [3.05, 3.63) is 66.2 Å². The smallest absolute Gasteiger partial charge is 0.240 e. The Kier molecular flexibility index (Phi) is 5.50. The second-order valence-corrected chi connectivity index (χ2v) is 6.93. The van der Waals surface area contributed by atoms with Crippen LogP contribution in [-0.2, 0) is 9.59 Å². The van der Waals surface area contributed by atoms with Gasteiger partial charge in [0.05, 0.1) is 6.04 Å². The van der Waals surface area contributed by atoms with Gasteiger partial charge in [-0.15, -0.1) is 0 Å². The predicted molar refractivity (Wildman–Crippen MR) is 102 cm³/mol. The lowest BCUT2D eigenvalue weighted by atomic mass is 10.1. The number of thioether (sulfide) groups is 1. The number of anilines is 1. The van der Waals surface area contributed by atoms with Gasteiger partial charge in [-0.2, -0.15) is 0 Å². The van der Waals surface area contributed by atoms with Gasteiger partial charge in [-0.3, -0.25) is 14.6 Å². The zero-order valence-electron chi connectivity index (χ0n) is 13.8. The molecular weight excluding hydrogens is 334 g/mol. The minimum Gasteiger partial charge on any atom is -0.326 e. The van der Waals surface area contributed by atoms with Crippen LogP contribution in [0.5, 0.6) is 0 Å². The minimum absolute atomic E-state index is 0.0547. The number of rotatable bonds is 5. The fraction of sp³-hybridized carbons (Fsp3) is 0.211. The fourth-order valence-electron chi connectivity index (χ4n) is 2.48. The van der Waals surface area contributed by atoms with Crippen LogP contribution in [0.1, 0.15) is 24.9 Å². The van der Waals surface area contributed by atoms with Crippen LogP contribution in [0, 0.1) is 0 Å². The van der Waals surface area contributed by atoms with Crippen molar-refractivity contribution in [1.82, 2.24) is 5.32 Å². The minimum atomic E-state index is -0.453. The van der Waals surface area contributed by atoms with Crippen molar-refractivity contribution in [2.24, 2.45) is 4.99 Å². The van der Waals surface area contributed by atoms with Gasteiger partial charge < -0.3 is 10.6 Å². The van der Waals surface area contributed by atoms with Gasteiger partial charge in [0.15, 0.2) is 5.17 Å². The first kappa shape index (κ1) is 17.2. The Morgan fingerprint density at radius 3 is 2.48 bits per heavy atom. The molecule has 1 aliphatic heterocycles. The van der Waals surface area contributed by atoms with E-state index in [4.69, 9.17) is 0 Å². The number of carbonyl (C=O) groups excluding carboxylic acids is 2. The third kappa shape index (κ3) is 4.70. The van der Waals surface area contributed by atoms with Crippen molar-refractivity contribution < 1.29 is 9.59 Å². The zero-order valence-corrected chi connectivity index (χ0v) is 14.6. The van der Waals surface area contributed by atoms with E-state index in [2.05, 4.69) is 15.6 Å². The number of amidine groups is 1. The van der Waals surface area contributed by atoms with Gasteiger partial charge in [0.1, 0.15) is 5.25 Å². The first-order valence-corrected chi connectivity index (χ1v) is 8.95. The summed E-state index contributed by atoms with van der Waals surface area (Å²) < 4.78 is 0. The van der Waals surface area contributed by atoms with E-state index in [-0.39, 0.29) is 24.3 Å². The van der Waals surface area contributed by atoms with Gasteiger partial charge in [-0.05, 0) is 24.6 Å². The summed E-state index contributed by atoms with van der Waals surface area (Å²) in [5.41, 5.74) is 1.80. The van der Waals surface area contributed by atoms with Crippen LogP contribution in [-0.4, -0.2) is 22.2 Å². The molecule has 0 bridgehead atoms. The lowest BCUT2D eigenvalue weighted by Crippen LogP contribution is -2.28. The monoisotopic (exact) mass is 353 g/mol. The number of amides is 2. The predicted octanol–water partition coefficient (Wildman–Crippen LogP) is 3.36. The molecule has 6 heteroatoms. The van der Waals surface area contributed by atoms with Crippen LogP contribution in [0.25, 0.3) is 0 Å². The van der Waals surface area contributed by atoms with Crippen molar-refractivity contribution in [3.8, 4) is 0 Å². The molecule has 0 aliphatic carbocycles. The first-order chi connectivity index (χ1) is 12.1. The number of aliphatic imine (C=N–C) groups is 1. The third-order valence-electron chi connectivity index (χ3n) is 3.80. The summed E-state index contributed by atoms with van der Waals surface area (Å²) in [5.74, 6) is -0.358. The van der Waals surface area contributed by atoms with Crippen LogP contribution in [0.15, 0.2) is 65.7 Å². The molecule has 3 rings (SSSR count). The Hall–Kier alpha value is -2.60. The molecule has 0 aromatic heterocycles. The summed E-state index contributed by atoms with van der Waals surface area (Å²) in [5, 5.41) is 5.68. The van der Waals surface area contributed by atoms with Gasteiger partial charge >= 0.3 is 0 Å². The molecule has 1 aliphatic rings. The van der Waals surface area contributed by atoms with Crippen molar-refractivity contribution in [2.75, 3.05) is 5.32 Å². The molecule has 2 atom stereocenters. The van der Waals surface area contributed by atoms with E-state index in [9.17, 15) is 9.59 Å². The lowest BCUT2D eigenvalue weighted by molar-refractivity contribution is -0.122. The van der Waals surface area contributed by atoms with Crippen molar-refractivity contribution in [1.29, 1.82) is 0 Å². The second kappa shape index (κ2) is 7.98. The second-order valence-electron chi connectivity index (χ2n) is 5.73. The van der Waals surface area contributed by atoms with Crippen molar-refractivity contribution in [3.63, 3.8) is 0 Å². The van der Waals surface area contributed by atoms with E-state index in [1.165, 1.54) is 11.8 Å². The topological polar surface area (TPSA) is 70.6 Å². The van der Waals surface area contributed by atoms with Gasteiger partial charge in [-0.1, -0.05) is 60.3 Å². The molecule has 1 saturated heterocycles. The van der Waals surface area contributed by atoms with E-state index in [1.807, 2.05) is 67.6 Å². The largest absolute Gasteiger partial charge is 0.326 e. The molecule has 1 fully saturated rings. The van der Waals surface area contributed by atoms with Crippen LogP contribution in [0.2, 0.25) is 0 Å². The number of benzene rings is 2. The molecule has 1 heterocycles. The van der Waals surface area contributed by atoms with Crippen molar-refractivity contribution in [2.45, 2.75) is 24.6 Å². The zero-order chi connectivity index (χ0) is 17.6. The average molecular weight is 353 g/mol. The molecule has 0 radical (unpaired) electrons. The maximum atomic E-state index is 12.1. The molecule has 128 valence electrons. The maximum Gasteiger partial charge on any atom is 0.240 e. The van der Waals surface area contributed by atoms with Gasteiger partial charge in [0.2, 0.25) is 11.8 Å². The van der Waals surface area contributed by atoms with Crippen LogP contribution in [0.3, 0.4) is 0 Å². The van der Waals surface area contributed by atoms with E-state index >= 15 is 0 Å². The Morgan fingerprint density at radius 1 is 1.16 bits per heavy atom. The van der Waals surface area contributed by atoms with E-state index in [0.717, 1.165) is 11.3 Å². The fourth-order valence-corrected chi connectivity index (χ4v) is 3.53. The average Bonchev–Trinajstić information content (AvgIpc) is 2.95. The van der Waals surface area contributed by atoms with Gasteiger partial charge in [-0.25, -0.2) is 0 Å². The third-order valence-corrected chi connectivity index (χ3v) is 4.89. The normalized spacial score (nSPS) is 19.5. The number of hydrogen-bond donors (Lipinski definition) is 2.